The van der Waals surface area contributed by atoms with E-state index >= 15 is 0 Å². The minimum absolute atomic E-state index is 0.0158. The topological polar surface area (TPSA) is 26.0 Å². The van der Waals surface area contributed by atoms with Crippen LogP contribution >= 0.6 is 11.6 Å². The quantitative estimate of drug-likeness (QED) is 0.878. The summed E-state index contributed by atoms with van der Waals surface area (Å²) >= 11 is 5.89. The van der Waals surface area contributed by atoms with Crippen molar-refractivity contribution in [2.75, 3.05) is 0 Å². The van der Waals surface area contributed by atoms with Crippen molar-refractivity contribution in [3.63, 3.8) is 0 Å². The lowest BCUT2D eigenvalue weighted by Crippen LogP contribution is -2.14. The summed E-state index contributed by atoms with van der Waals surface area (Å²) in [4.78, 5) is 0. The molecule has 2 aromatic rings. The van der Waals surface area contributed by atoms with Crippen LogP contribution in [0.15, 0.2) is 42.5 Å². The van der Waals surface area contributed by atoms with Crippen LogP contribution in [0.1, 0.15) is 28.3 Å². The van der Waals surface area contributed by atoms with Gasteiger partial charge in [0.2, 0.25) is 0 Å². The monoisotopic (exact) mass is 259 g/mol. The number of rotatable bonds is 3. The van der Waals surface area contributed by atoms with Crippen LogP contribution in [-0.4, -0.2) is 0 Å². The molecule has 1 nitrogen and oxygen atoms in total. The molecule has 2 N–H and O–H groups in total. The van der Waals surface area contributed by atoms with Gasteiger partial charge >= 0.3 is 0 Å². The second-order valence-electron chi connectivity index (χ2n) is 4.73. The van der Waals surface area contributed by atoms with Gasteiger partial charge in [0.15, 0.2) is 0 Å². The van der Waals surface area contributed by atoms with E-state index in [9.17, 15) is 0 Å². The Bertz CT molecular complexity index is 511. The lowest BCUT2D eigenvalue weighted by atomic mass is 9.93. The predicted molar refractivity (Wildman–Crippen MR) is 78.0 cm³/mol. The summed E-state index contributed by atoms with van der Waals surface area (Å²) in [7, 11) is 0. The molecule has 0 aliphatic rings. The van der Waals surface area contributed by atoms with Gasteiger partial charge < -0.3 is 5.73 Å². The summed E-state index contributed by atoms with van der Waals surface area (Å²) in [5.41, 5.74) is 11.4. The smallest absolute Gasteiger partial charge is 0.0406 e. The van der Waals surface area contributed by atoms with Crippen molar-refractivity contribution in [1.82, 2.24) is 0 Å². The van der Waals surface area contributed by atoms with Crippen molar-refractivity contribution in [1.29, 1.82) is 0 Å². The molecule has 0 amide bonds. The van der Waals surface area contributed by atoms with E-state index in [0.717, 1.165) is 17.0 Å². The Morgan fingerprint density at radius 3 is 2.11 bits per heavy atom. The van der Waals surface area contributed by atoms with Gasteiger partial charge in [-0.3, -0.25) is 0 Å². The third-order valence-electron chi connectivity index (χ3n) is 3.37. The molecule has 0 aromatic heterocycles. The van der Waals surface area contributed by atoms with Gasteiger partial charge in [-0.2, -0.15) is 0 Å². The highest BCUT2D eigenvalue weighted by Gasteiger charge is 2.10. The molecule has 0 aliphatic heterocycles. The van der Waals surface area contributed by atoms with Crippen molar-refractivity contribution in [3.8, 4) is 0 Å². The average molecular weight is 260 g/mol. The van der Waals surface area contributed by atoms with E-state index < -0.39 is 0 Å². The molecule has 0 saturated carbocycles. The largest absolute Gasteiger partial charge is 0.324 e. The summed E-state index contributed by atoms with van der Waals surface area (Å²) in [5.74, 6) is 0. The zero-order chi connectivity index (χ0) is 13.1. The molecule has 0 spiro atoms. The SMILES string of the molecule is Cc1cccc(C)c1CC(N)c1ccc(Cl)cc1. The van der Waals surface area contributed by atoms with E-state index in [-0.39, 0.29) is 6.04 Å². The molecule has 0 heterocycles. The molecule has 0 fully saturated rings. The van der Waals surface area contributed by atoms with Gasteiger partial charge in [0, 0.05) is 11.1 Å². The first-order valence-corrected chi connectivity index (χ1v) is 6.52. The Kier molecular flexibility index (Phi) is 4.05. The molecule has 0 radical (unpaired) electrons. The molecule has 1 unspecified atom stereocenters. The van der Waals surface area contributed by atoms with Crippen molar-refractivity contribution < 1.29 is 0 Å². The lowest BCUT2D eigenvalue weighted by molar-refractivity contribution is 0.715. The van der Waals surface area contributed by atoms with Crippen LogP contribution in [0.25, 0.3) is 0 Å². The third kappa shape index (κ3) is 2.92. The Balaban J connectivity index is 2.21. The van der Waals surface area contributed by atoms with Crippen molar-refractivity contribution >= 4 is 11.6 Å². The second-order valence-corrected chi connectivity index (χ2v) is 5.17. The zero-order valence-electron chi connectivity index (χ0n) is 10.8. The van der Waals surface area contributed by atoms with Gasteiger partial charge in [-0.25, -0.2) is 0 Å². The molecular formula is C16H18ClN. The van der Waals surface area contributed by atoms with E-state index in [1.165, 1.54) is 16.7 Å². The highest BCUT2D eigenvalue weighted by Crippen LogP contribution is 2.22. The molecule has 0 saturated heterocycles. The van der Waals surface area contributed by atoms with Crippen LogP contribution in [0.5, 0.6) is 0 Å². The number of nitrogens with two attached hydrogens (primary N) is 1. The van der Waals surface area contributed by atoms with Crippen molar-refractivity contribution in [2.45, 2.75) is 26.3 Å². The number of halogens is 1. The van der Waals surface area contributed by atoms with Crippen LogP contribution in [-0.2, 0) is 6.42 Å². The highest BCUT2D eigenvalue weighted by molar-refractivity contribution is 6.30. The number of benzene rings is 2. The third-order valence-corrected chi connectivity index (χ3v) is 3.62. The molecular weight excluding hydrogens is 242 g/mol. The maximum atomic E-state index is 6.27. The fourth-order valence-electron chi connectivity index (χ4n) is 2.22. The standard InChI is InChI=1S/C16H18ClN/c1-11-4-3-5-12(2)15(11)10-16(18)13-6-8-14(17)9-7-13/h3-9,16H,10,18H2,1-2H3. The zero-order valence-corrected chi connectivity index (χ0v) is 11.5. The molecule has 94 valence electrons. The van der Waals surface area contributed by atoms with E-state index in [1.54, 1.807) is 0 Å². The minimum atomic E-state index is 0.0158. The maximum absolute atomic E-state index is 6.27. The molecule has 0 bridgehead atoms. The van der Waals surface area contributed by atoms with Crippen LogP contribution < -0.4 is 5.73 Å². The van der Waals surface area contributed by atoms with E-state index in [1.807, 2.05) is 24.3 Å². The number of aryl methyl sites for hydroxylation is 2. The second kappa shape index (κ2) is 5.55. The van der Waals surface area contributed by atoms with E-state index in [4.69, 9.17) is 17.3 Å². The molecule has 2 aromatic carbocycles. The maximum Gasteiger partial charge on any atom is 0.0406 e. The summed E-state index contributed by atoms with van der Waals surface area (Å²) < 4.78 is 0. The van der Waals surface area contributed by atoms with Crippen molar-refractivity contribution in [3.05, 3.63) is 69.7 Å². The molecule has 1 atom stereocenters. The predicted octanol–water partition coefficient (Wildman–Crippen LogP) is 4.20. The summed E-state index contributed by atoms with van der Waals surface area (Å²) in [6.07, 6.45) is 0.861. The Morgan fingerprint density at radius 2 is 1.56 bits per heavy atom. The first kappa shape index (κ1) is 13.1. The molecule has 18 heavy (non-hydrogen) atoms. The first-order chi connectivity index (χ1) is 8.58. The average Bonchev–Trinajstić information content (AvgIpc) is 2.34. The summed E-state index contributed by atoms with van der Waals surface area (Å²) in [6, 6.07) is 14.2. The van der Waals surface area contributed by atoms with Crippen LogP contribution in [0.4, 0.5) is 0 Å². The van der Waals surface area contributed by atoms with E-state index in [2.05, 4.69) is 32.0 Å². The van der Waals surface area contributed by atoms with Gasteiger partial charge in [-0.15, -0.1) is 0 Å². The lowest BCUT2D eigenvalue weighted by Gasteiger charge is -2.16. The van der Waals surface area contributed by atoms with Crippen LogP contribution in [0.3, 0.4) is 0 Å². The number of hydrogen-bond acceptors (Lipinski definition) is 1. The normalized spacial score (nSPS) is 12.4. The summed E-state index contributed by atoms with van der Waals surface area (Å²) in [5, 5.41) is 0.748. The van der Waals surface area contributed by atoms with Crippen LogP contribution in [0, 0.1) is 13.8 Å². The van der Waals surface area contributed by atoms with Gasteiger partial charge in [-0.05, 0) is 54.7 Å². The minimum Gasteiger partial charge on any atom is -0.324 e. The Morgan fingerprint density at radius 1 is 1.00 bits per heavy atom. The Hall–Kier alpha value is -1.31. The van der Waals surface area contributed by atoms with Gasteiger partial charge in [-0.1, -0.05) is 41.9 Å². The molecule has 2 rings (SSSR count). The van der Waals surface area contributed by atoms with Gasteiger partial charge in [0.25, 0.3) is 0 Å². The van der Waals surface area contributed by atoms with Gasteiger partial charge in [0.05, 0.1) is 0 Å². The van der Waals surface area contributed by atoms with E-state index in [0.29, 0.717) is 0 Å². The Labute approximate surface area is 114 Å². The first-order valence-electron chi connectivity index (χ1n) is 6.14. The number of hydrogen-bond donors (Lipinski definition) is 1. The molecule has 0 aliphatic carbocycles. The van der Waals surface area contributed by atoms with Gasteiger partial charge in [0.1, 0.15) is 0 Å². The summed E-state index contributed by atoms with van der Waals surface area (Å²) in [6.45, 7) is 4.27. The fraction of sp³-hybridized carbons (Fsp3) is 0.250. The van der Waals surface area contributed by atoms with Crippen LogP contribution in [0.2, 0.25) is 5.02 Å². The van der Waals surface area contributed by atoms with Crippen molar-refractivity contribution in [2.24, 2.45) is 5.73 Å². The molecule has 2 heteroatoms. The highest BCUT2D eigenvalue weighted by atomic mass is 35.5. The fourth-order valence-corrected chi connectivity index (χ4v) is 2.34.